The molecule has 1 aromatic carbocycles. The molecule has 2 N–H and O–H groups in total. The molecule has 4 nitrogen and oxygen atoms in total. The third kappa shape index (κ3) is 2.58. The van der Waals surface area contributed by atoms with E-state index in [2.05, 4.69) is 17.4 Å². The fraction of sp³-hybridized carbons (Fsp3) is 0.562. The fourth-order valence-corrected chi connectivity index (χ4v) is 3.18. The van der Waals surface area contributed by atoms with Gasteiger partial charge in [0.05, 0.1) is 12.1 Å². The van der Waals surface area contributed by atoms with Gasteiger partial charge in [-0.25, -0.2) is 0 Å². The lowest BCUT2D eigenvalue weighted by atomic mass is 9.93. The lowest BCUT2D eigenvalue weighted by Gasteiger charge is -2.37. The van der Waals surface area contributed by atoms with Crippen molar-refractivity contribution in [3.63, 3.8) is 0 Å². The zero-order valence-corrected chi connectivity index (χ0v) is 11.9. The number of benzene rings is 1. The van der Waals surface area contributed by atoms with Gasteiger partial charge in [-0.1, -0.05) is 31.2 Å². The highest BCUT2D eigenvalue weighted by molar-refractivity contribution is 5.82. The summed E-state index contributed by atoms with van der Waals surface area (Å²) in [6.45, 7) is 4.11. The quantitative estimate of drug-likeness (QED) is 0.801. The van der Waals surface area contributed by atoms with Crippen molar-refractivity contribution in [1.82, 2.24) is 10.2 Å². The second kappa shape index (κ2) is 5.54. The second-order valence-electron chi connectivity index (χ2n) is 6.02. The first-order valence-electron chi connectivity index (χ1n) is 7.42. The molecule has 1 saturated heterocycles. The number of amides is 1. The number of aliphatic hydroxyl groups excluding tert-OH is 1. The van der Waals surface area contributed by atoms with Crippen molar-refractivity contribution in [1.29, 1.82) is 0 Å². The van der Waals surface area contributed by atoms with Crippen molar-refractivity contribution in [2.45, 2.75) is 38.5 Å². The van der Waals surface area contributed by atoms with Crippen LogP contribution < -0.4 is 5.32 Å². The number of hydrogen-bond donors (Lipinski definition) is 2. The number of rotatable bonds is 1. The number of carbonyl (C=O) groups excluding carboxylic acids is 1. The Labute approximate surface area is 119 Å². The Morgan fingerprint density at radius 1 is 1.35 bits per heavy atom. The molecule has 108 valence electrons. The van der Waals surface area contributed by atoms with Crippen LogP contribution in [0.15, 0.2) is 24.3 Å². The first kappa shape index (κ1) is 13.6. The molecule has 20 heavy (non-hydrogen) atoms. The molecule has 2 aliphatic heterocycles. The van der Waals surface area contributed by atoms with Gasteiger partial charge in [0.1, 0.15) is 0 Å². The maximum atomic E-state index is 12.6. The van der Waals surface area contributed by atoms with Gasteiger partial charge in [0.15, 0.2) is 0 Å². The van der Waals surface area contributed by atoms with E-state index in [4.69, 9.17) is 0 Å². The Hall–Kier alpha value is -1.39. The number of nitrogens with zero attached hydrogens (tertiary/aromatic N) is 1. The Balaban J connectivity index is 1.67. The molecule has 0 aromatic heterocycles. The van der Waals surface area contributed by atoms with Crippen molar-refractivity contribution in [3.05, 3.63) is 35.4 Å². The van der Waals surface area contributed by atoms with Gasteiger partial charge in [-0.05, 0) is 29.9 Å². The largest absolute Gasteiger partial charge is 0.393 e. The molecule has 1 aromatic rings. The molecule has 0 bridgehead atoms. The average molecular weight is 274 g/mol. The lowest BCUT2D eigenvalue weighted by molar-refractivity contribution is -0.137. The molecule has 0 aliphatic carbocycles. The molecule has 2 aliphatic rings. The zero-order valence-electron chi connectivity index (χ0n) is 11.9. The van der Waals surface area contributed by atoms with Crippen LogP contribution in [0.2, 0.25) is 0 Å². The van der Waals surface area contributed by atoms with E-state index < -0.39 is 0 Å². The van der Waals surface area contributed by atoms with Crippen LogP contribution in [0.5, 0.6) is 0 Å². The van der Waals surface area contributed by atoms with E-state index in [1.807, 2.05) is 24.0 Å². The van der Waals surface area contributed by atoms with Crippen molar-refractivity contribution < 1.29 is 9.90 Å². The monoisotopic (exact) mass is 274 g/mol. The lowest BCUT2D eigenvalue weighted by Crippen LogP contribution is -2.53. The van der Waals surface area contributed by atoms with E-state index >= 15 is 0 Å². The van der Waals surface area contributed by atoms with Crippen molar-refractivity contribution in [2.24, 2.45) is 5.92 Å². The van der Waals surface area contributed by atoms with Crippen LogP contribution in [-0.4, -0.2) is 41.1 Å². The average Bonchev–Trinajstić information content (AvgIpc) is 2.49. The van der Waals surface area contributed by atoms with Crippen LogP contribution in [-0.2, 0) is 17.8 Å². The molecule has 0 saturated carbocycles. The first-order valence-corrected chi connectivity index (χ1v) is 7.42. The maximum absolute atomic E-state index is 12.6. The van der Waals surface area contributed by atoms with E-state index in [1.54, 1.807) is 0 Å². The Morgan fingerprint density at radius 2 is 2.10 bits per heavy atom. The Morgan fingerprint density at radius 3 is 2.85 bits per heavy atom. The molecule has 1 fully saturated rings. The fourth-order valence-electron chi connectivity index (χ4n) is 3.18. The minimum Gasteiger partial charge on any atom is -0.393 e. The third-order valence-electron chi connectivity index (χ3n) is 4.55. The van der Waals surface area contributed by atoms with Crippen LogP contribution in [0.25, 0.3) is 0 Å². The number of nitrogens with one attached hydrogen (secondary N) is 1. The Bertz CT molecular complexity index is 503. The summed E-state index contributed by atoms with van der Waals surface area (Å²) in [6, 6.07) is 8.18. The van der Waals surface area contributed by atoms with Gasteiger partial charge < -0.3 is 15.3 Å². The summed E-state index contributed by atoms with van der Waals surface area (Å²) in [4.78, 5) is 14.5. The summed E-state index contributed by atoms with van der Waals surface area (Å²) >= 11 is 0. The van der Waals surface area contributed by atoms with Gasteiger partial charge in [-0.2, -0.15) is 0 Å². The number of fused-ring (bicyclic) bond motifs is 1. The molecule has 2 unspecified atom stereocenters. The molecule has 2 heterocycles. The van der Waals surface area contributed by atoms with Gasteiger partial charge in [-0.15, -0.1) is 0 Å². The number of hydrogen-bond acceptors (Lipinski definition) is 3. The predicted octanol–water partition coefficient (Wildman–Crippen LogP) is 0.930. The zero-order chi connectivity index (χ0) is 14.1. The predicted molar refractivity (Wildman–Crippen MR) is 77.1 cm³/mol. The topological polar surface area (TPSA) is 52.6 Å². The summed E-state index contributed by atoms with van der Waals surface area (Å²) in [5.41, 5.74) is 2.56. The van der Waals surface area contributed by atoms with Crippen LogP contribution >= 0.6 is 0 Å². The van der Waals surface area contributed by atoms with Crippen LogP contribution in [0, 0.1) is 5.92 Å². The van der Waals surface area contributed by atoms with Gasteiger partial charge in [0.25, 0.3) is 0 Å². The summed E-state index contributed by atoms with van der Waals surface area (Å²) in [6.07, 6.45) is 1.19. The minimum absolute atomic E-state index is 0.118. The van der Waals surface area contributed by atoms with Crippen molar-refractivity contribution in [3.8, 4) is 0 Å². The molecular weight excluding hydrogens is 252 g/mol. The number of aliphatic hydroxyl groups is 1. The smallest absolute Gasteiger partial charge is 0.240 e. The van der Waals surface area contributed by atoms with Crippen molar-refractivity contribution >= 4 is 5.91 Å². The van der Waals surface area contributed by atoms with E-state index in [0.29, 0.717) is 19.5 Å². The van der Waals surface area contributed by atoms with E-state index in [9.17, 15) is 9.90 Å². The highest BCUT2D eigenvalue weighted by Crippen LogP contribution is 2.21. The molecule has 1 amide bonds. The van der Waals surface area contributed by atoms with Crippen LogP contribution in [0.4, 0.5) is 0 Å². The molecule has 3 rings (SSSR count). The third-order valence-corrected chi connectivity index (χ3v) is 4.55. The van der Waals surface area contributed by atoms with Crippen LogP contribution in [0.3, 0.4) is 0 Å². The number of likely N-dealkylation sites (tertiary alicyclic amines) is 1. The summed E-state index contributed by atoms with van der Waals surface area (Å²) in [5, 5.41) is 13.1. The van der Waals surface area contributed by atoms with Gasteiger partial charge in [0.2, 0.25) is 5.91 Å². The van der Waals surface area contributed by atoms with Gasteiger partial charge in [-0.3, -0.25) is 4.79 Å². The molecule has 4 heteroatoms. The van der Waals surface area contributed by atoms with Crippen LogP contribution in [0.1, 0.15) is 24.5 Å². The SMILES string of the molecule is CC1CN(C(=O)[C@H]2Cc3ccccc3CN2)CCC1O. The van der Waals surface area contributed by atoms with Gasteiger partial charge in [0, 0.05) is 19.6 Å². The van der Waals surface area contributed by atoms with Gasteiger partial charge >= 0.3 is 0 Å². The van der Waals surface area contributed by atoms with E-state index in [-0.39, 0.29) is 24.0 Å². The second-order valence-corrected chi connectivity index (χ2v) is 6.02. The summed E-state index contributed by atoms with van der Waals surface area (Å²) < 4.78 is 0. The molecule has 0 spiro atoms. The molecule has 3 atom stereocenters. The standard InChI is InChI=1S/C16H22N2O2/c1-11-10-18(7-6-15(11)19)16(20)14-8-12-4-2-3-5-13(12)9-17-14/h2-5,11,14-15,17,19H,6-10H2,1H3/t11?,14-,15?/m1/s1. The number of piperidine rings is 1. The van der Waals surface area contributed by atoms with E-state index in [0.717, 1.165) is 13.0 Å². The van der Waals surface area contributed by atoms with Crippen molar-refractivity contribution in [2.75, 3.05) is 13.1 Å². The van der Waals surface area contributed by atoms with E-state index in [1.165, 1.54) is 11.1 Å². The summed E-state index contributed by atoms with van der Waals surface area (Å²) in [5.74, 6) is 0.349. The molecular formula is C16H22N2O2. The minimum atomic E-state index is -0.265. The normalized spacial score (nSPS) is 29.9. The maximum Gasteiger partial charge on any atom is 0.240 e. The highest BCUT2D eigenvalue weighted by Gasteiger charge is 2.32. The first-order chi connectivity index (χ1) is 9.65. The summed E-state index contributed by atoms with van der Waals surface area (Å²) in [7, 11) is 0. The Kier molecular flexibility index (Phi) is 3.76. The molecule has 0 radical (unpaired) electrons. The number of carbonyl (C=O) groups is 1. The highest BCUT2D eigenvalue weighted by atomic mass is 16.3.